The molecule has 0 radical (unpaired) electrons. The quantitative estimate of drug-likeness (QED) is 0.0299. The van der Waals surface area contributed by atoms with E-state index in [1.807, 2.05) is 67.6 Å². The number of anilines is 5. The molecule has 2 atom stereocenters. The molecule has 4 aliphatic heterocycles. The zero-order valence-electron chi connectivity index (χ0n) is 52.6. The summed E-state index contributed by atoms with van der Waals surface area (Å²) in [4.78, 5) is 81.4. The van der Waals surface area contributed by atoms with Gasteiger partial charge in [-0.15, -0.1) is 0 Å². The van der Waals surface area contributed by atoms with Gasteiger partial charge in [-0.3, -0.25) is 0 Å². The maximum Gasteiger partial charge on any atom is 0.408 e. The zero-order valence-corrected chi connectivity index (χ0v) is 54.2. The minimum atomic E-state index is -0.996. The lowest BCUT2D eigenvalue weighted by molar-refractivity contribution is -0.158. The topological polar surface area (TPSA) is 275 Å². The number of pyridine rings is 2. The molecule has 0 unspecified atom stereocenters. The van der Waals surface area contributed by atoms with Crippen LogP contribution < -0.4 is 42.1 Å². The fourth-order valence-corrected chi connectivity index (χ4v) is 11.0. The Labute approximate surface area is 531 Å². The second-order valence-corrected chi connectivity index (χ2v) is 25.3. The Hall–Kier alpha value is -8.18. The fraction of sp³-hybridized carbons (Fsp3) is 0.485. The molecule has 0 bridgehead atoms. The van der Waals surface area contributed by atoms with Crippen LogP contribution in [0.5, 0.6) is 0 Å². The standard InChI is InChI=1S/C33H43N7O4.C18H22BrN5.C15H22N2O4/c1-22-28(35-19-27(31(41)44-33(2,3)4)39-32(42)43-20-23-9-6-5-7-10-23)36-21-37-30(22)40-17-14-24(15-18-40)26-13-12-25-11-8-16-34-29(25)38-26;1-12-16(19)21-11-22-18(12)24-9-6-13(7-10-24)15-5-4-14-3-2-8-20-17(14)23-15;1-15(2,3)21-13(18)12(9-16)17-14(19)20-10-11-7-5-4-6-8-11/h5-7,9-10,12-13,21,24,27H,8,11,14-20H2,1-4H3,(H,34,38)(H,39,42)(H,35,36,37);4-5,11,13H,2-3,6-10H2,1H3,(H,20,23);4-8,12H,9-10,16H2,1-3H3,(H,17,19)/t27-;;12-/m0.0/s1. The van der Waals surface area contributed by atoms with E-state index < -0.39 is 47.4 Å². The van der Waals surface area contributed by atoms with Crippen LogP contribution >= 0.6 is 15.9 Å². The van der Waals surface area contributed by atoms with Crippen molar-refractivity contribution in [1.29, 1.82) is 0 Å². The van der Waals surface area contributed by atoms with Crippen molar-refractivity contribution < 1.29 is 38.1 Å². The number of amides is 2. The van der Waals surface area contributed by atoms with Crippen LogP contribution in [0.3, 0.4) is 0 Å². The molecule has 4 aromatic heterocycles. The van der Waals surface area contributed by atoms with Gasteiger partial charge >= 0.3 is 24.1 Å². The summed E-state index contributed by atoms with van der Waals surface area (Å²) in [6.45, 7) is 20.6. The van der Waals surface area contributed by atoms with Gasteiger partial charge < -0.3 is 61.1 Å². The maximum atomic E-state index is 13.0. The summed E-state index contributed by atoms with van der Waals surface area (Å²) in [5.41, 5.74) is 12.9. The monoisotopic (exact) mass is 1280 g/mol. The number of carbonyl (C=O) groups excluding carboxylic acids is 4. The van der Waals surface area contributed by atoms with Gasteiger partial charge in [0.05, 0.1) is 0 Å². The van der Waals surface area contributed by atoms with E-state index in [1.54, 1.807) is 47.9 Å². The normalized spacial score (nSPS) is 15.7. The molecule has 0 saturated carbocycles. The van der Waals surface area contributed by atoms with Crippen LogP contribution in [0, 0.1) is 13.8 Å². The Morgan fingerprint density at radius 1 is 0.607 bits per heavy atom. The summed E-state index contributed by atoms with van der Waals surface area (Å²) in [6, 6.07) is 25.6. The number of alkyl carbamates (subject to hydrolysis) is 2. The van der Waals surface area contributed by atoms with Crippen molar-refractivity contribution in [2.24, 2.45) is 5.73 Å². The number of esters is 2. The van der Waals surface area contributed by atoms with E-state index in [2.05, 4.69) is 103 Å². The van der Waals surface area contributed by atoms with E-state index in [4.69, 9.17) is 34.6 Å². The predicted molar refractivity (Wildman–Crippen MR) is 348 cm³/mol. The number of hydrogen-bond donors (Lipinski definition) is 6. The molecule has 2 saturated heterocycles. The first kappa shape index (κ1) is 66.8. The summed E-state index contributed by atoms with van der Waals surface area (Å²) in [6.07, 6.45) is 10.5. The zero-order chi connectivity index (χ0) is 63.5. The fourth-order valence-electron chi connectivity index (χ4n) is 10.8. The molecular formula is C66H87BrN14O8. The number of fused-ring (bicyclic) bond motifs is 2. The number of hydrogen-bond acceptors (Lipinski definition) is 20. The van der Waals surface area contributed by atoms with Crippen molar-refractivity contribution in [3.63, 3.8) is 0 Å². The van der Waals surface area contributed by atoms with E-state index >= 15 is 0 Å². The number of piperidine rings is 2. The average molecular weight is 1280 g/mol. The lowest BCUT2D eigenvalue weighted by Crippen LogP contribution is -2.48. The van der Waals surface area contributed by atoms with Gasteiger partial charge in [-0.05, 0) is 157 Å². The first-order chi connectivity index (χ1) is 42.7. The number of aryl methyl sites for hydroxylation is 2. The highest BCUT2D eigenvalue weighted by Crippen LogP contribution is 2.35. The number of benzene rings is 2. The summed E-state index contributed by atoms with van der Waals surface area (Å²) < 4.78 is 22.0. The van der Waals surface area contributed by atoms with Crippen molar-refractivity contribution in [2.45, 2.75) is 155 Å². The summed E-state index contributed by atoms with van der Waals surface area (Å²) in [7, 11) is 0. The highest BCUT2D eigenvalue weighted by atomic mass is 79.9. The highest BCUT2D eigenvalue weighted by molar-refractivity contribution is 9.10. The molecule has 6 aromatic rings. The molecule has 0 aliphatic carbocycles. The first-order valence-electron chi connectivity index (χ1n) is 30.8. The third-order valence-electron chi connectivity index (χ3n) is 15.4. The van der Waals surface area contributed by atoms with Crippen LogP contribution in [0.2, 0.25) is 0 Å². The Bertz CT molecular complexity index is 3300. The van der Waals surface area contributed by atoms with Crippen LogP contribution in [0.15, 0.2) is 102 Å². The lowest BCUT2D eigenvalue weighted by atomic mass is 9.92. The number of aromatic nitrogens is 6. The van der Waals surface area contributed by atoms with Crippen LogP contribution in [-0.4, -0.2) is 130 Å². The SMILES string of the molecule is CC(C)(C)OC(=O)[C@H](CN)NC(=O)OCc1ccccc1.Cc1c(Br)ncnc1N1CCC(c2ccc3c(n2)NCCC3)CC1.Cc1c(NC[C@H](NC(=O)OCc2ccccc2)C(=O)OC(C)(C)C)ncnc1N1CCC(c2ccc3c(n2)NCCC3)CC1. The molecular weight excluding hydrogens is 1200 g/mol. The molecule has 8 heterocycles. The number of nitrogens with zero attached hydrogens (tertiary/aromatic N) is 8. The van der Waals surface area contributed by atoms with Crippen molar-refractivity contribution in [3.8, 4) is 0 Å². The number of nitrogens with one attached hydrogen (secondary N) is 5. The largest absolute Gasteiger partial charge is 0.458 e. The van der Waals surface area contributed by atoms with Gasteiger partial charge in [0.1, 0.15) is 82.8 Å². The van der Waals surface area contributed by atoms with Gasteiger partial charge in [-0.2, -0.15) is 0 Å². The van der Waals surface area contributed by atoms with E-state index in [0.29, 0.717) is 17.7 Å². The molecule has 2 aromatic carbocycles. The van der Waals surface area contributed by atoms with Crippen molar-refractivity contribution in [1.82, 2.24) is 40.5 Å². The second-order valence-electron chi connectivity index (χ2n) is 24.6. The van der Waals surface area contributed by atoms with Gasteiger partial charge in [0.2, 0.25) is 0 Å². The molecule has 10 rings (SSSR count). The second kappa shape index (κ2) is 31.8. The number of ether oxygens (including phenoxy) is 4. The summed E-state index contributed by atoms with van der Waals surface area (Å²) >= 11 is 3.50. The minimum Gasteiger partial charge on any atom is -0.458 e. The van der Waals surface area contributed by atoms with Crippen molar-refractivity contribution in [2.75, 3.05) is 78.1 Å². The minimum absolute atomic E-state index is 0.0602. The molecule has 89 heavy (non-hydrogen) atoms. The molecule has 4 aliphatic rings. The maximum absolute atomic E-state index is 13.0. The third kappa shape index (κ3) is 20.2. The molecule has 22 nitrogen and oxygen atoms in total. The Morgan fingerprint density at radius 3 is 1.51 bits per heavy atom. The van der Waals surface area contributed by atoms with Crippen LogP contribution in [0.1, 0.15) is 137 Å². The van der Waals surface area contributed by atoms with Gasteiger partial charge in [0, 0.05) is 86.7 Å². The highest BCUT2D eigenvalue weighted by Gasteiger charge is 2.31. The molecule has 2 amide bonds. The van der Waals surface area contributed by atoms with Crippen molar-refractivity contribution >= 4 is 69.1 Å². The number of carbonyl (C=O) groups is 4. The number of halogens is 1. The van der Waals surface area contributed by atoms with Crippen LogP contribution in [-0.2, 0) is 54.6 Å². The van der Waals surface area contributed by atoms with Gasteiger partial charge in [-0.1, -0.05) is 72.8 Å². The van der Waals surface area contributed by atoms with E-state index in [9.17, 15) is 19.2 Å². The van der Waals surface area contributed by atoms with Gasteiger partial charge in [-0.25, -0.2) is 49.1 Å². The smallest absolute Gasteiger partial charge is 0.408 e. The third-order valence-corrected chi connectivity index (χ3v) is 16.2. The predicted octanol–water partition coefficient (Wildman–Crippen LogP) is 10.2. The van der Waals surface area contributed by atoms with Gasteiger partial charge in [0.15, 0.2) is 0 Å². The van der Waals surface area contributed by atoms with Crippen molar-refractivity contribution in [3.05, 3.63) is 147 Å². The first-order valence-corrected chi connectivity index (χ1v) is 31.6. The Morgan fingerprint density at radius 2 is 1.04 bits per heavy atom. The Kier molecular flexibility index (Phi) is 23.9. The summed E-state index contributed by atoms with van der Waals surface area (Å²) in [5, 5.41) is 15.2. The van der Waals surface area contributed by atoms with E-state index in [-0.39, 0.29) is 26.3 Å². The lowest BCUT2D eigenvalue weighted by Gasteiger charge is -2.34. The summed E-state index contributed by atoms with van der Waals surface area (Å²) in [5.74, 6) is 4.44. The van der Waals surface area contributed by atoms with Gasteiger partial charge in [0.25, 0.3) is 0 Å². The average Bonchev–Trinajstić information content (AvgIpc) is 3.21. The molecule has 476 valence electrons. The van der Waals surface area contributed by atoms with Crippen LogP contribution in [0.4, 0.5) is 38.7 Å². The molecule has 23 heteroatoms. The molecule has 7 N–H and O–H groups in total. The Balaban J connectivity index is 0.000000191. The number of rotatable bonds is 16. The molecule has 0 spiro atoms. The number of nitrogens with two attached hydrogens (primary N) is 1. The van der Waals surface area contributed by atoms with E-state index in [1.165, 1.54) is 29.6 Å². The molecule has 2 fully saturated rings. The van der Waals surface area contributed by atoms with Crippen LogP contribution in [0.25, 0.3) is 0 Å². The van der Waals surface area contributed by atoms with E-state index in [0.717, 1.165) is 140 Å².